The fraction of sp³-hybridized carbons (Fsp3) is 0.750. The van der Waals surface area contributed by atoms with Crippen molar-refractivity contribution in [1.82, 2.24) is 15.4 Å². The molecule has 0 radical (unpaired) electrons. The Morgan fingerprint density at radius 3 is 3.31 bits per heavy atom. The summed E-state index contributed by atoms with van der Waals surface area (Å²) in [4.78, 5) is 2.47. The van der Waals surface area contributed by atoms with Crippen molar-refractivity contribution < 1.29 is 4.52 Å². The molecule has 0 amide bonds. The molecular weight excluding hydrogens is 202 g/mol. The second-order valence-electron chi connectivity index (χ2n) is 4.52. The minimum absolute atomic E-state index is 0.638. The summed E-state index contributed by atoms with van der Waals surface area (Å²) in [6, 6.07) is 2.59. The molecule has 90 valence electrons. The van der Waals surface area contributed by atoms with E-state index in [1.807, 2.05) is 6.07 Å². The summed E-state index contributed by atoms with van der Waals surface area (Å²) >= 11 is 0. The van der Waals surface area contributed by atoms with Crippen molar-refractivity contribution in [3.8, 4) is 0 Å². The summed E-state index contributed by atoms with van der Waals surface area (Å²) in [7, 11) is 0. The van der Waals surface area contributed by atoms with Gasteiger partial charge < -0.3 is 9.84 Å². The average Bonchev–Trinajstić information content (AvgIpc) is 2.67. The quantitative estimate of drug-likeness (QED) is 0.842. The fourth-order valence-corrected chi connectivity index (χ4v) is 2.31. The first-order valence-electron chi connectivity index (χ1n) is 6.23. The molecule has 1 N–H and O–H groups in total. The van der Waals surface area contributed by atoms with Crippen LogP contribution < -0.4 is 5.32 Å². The van der Waals surface area contributed by atoms with Gasteiger partial charge in [0.15, 0.2) is 0 Å². The molecule has 2 heterocycles. The summed E-state index contributed by atoms with van der Waals surface area (Å²) in [5.74, 6) is 0. The van der Waals surface area contributed by atoms with E-state index in [1.54, 1.807) is 6.26 Å². The summed E-state index contributed by atoms with van der Waals surface area (Å²) in [6.07, 6.45) is 5.37. The highest BCUT2D eigenvalue weighted by molar-refractivity contribution is 4.95. The maximum Gasteiger partial charge on any atom is 0.124 e. The van der Waals surface area contributed by atoms with E-state index < -0.39 is 0 Å². The summed E-state index contributed by atoms with van der Waals surface area (Å²) in [5.41, 5.74) is 1.04. The SMILES string of the molecule is CCCC1CN(Cc2ccon2)CCCN1. The lowest BCUT2D eigenvalue weighted by Gasteiger charge is -2.23. The molecule has 1 unspecified atom stereocenters. The zero-order valence-electron chi connectivity index (χ0n) is 9.98. The normalized spacial score (nSPS) is 23.2. The Bertz CT molecular complexity index is 286. The lowest BCUT2D eigenvalue weighted by Crippen LogP contribution is -2.37. The number of nitrogens with one attached hydrogen (secondary N) is 1. The van der Waals surface area contributed by atoms with Crippen molar-refractivity contribution in [2.24, 2.45) is 0 Å². The molecule has 0 aromatic carbocycles. The van der Waals surface area contributed by atoms with Gasteiger partial charge in [0.1, 0.15) is 6.26 Å². The monoisotopic (exact) mass is 223 g/mol. The molecule has 1 fully saturated rings. The Morgan fingerprint density at radius 2 is 2.56 bits per heavy atom. The highest BCUT2D eigenvalue weighted by Gasteiger charge is 2.17. The van der Waals surface area contributed by atoms with Crippen molar-refractivity contribution in [3.05, 3.63) is 18.0 Å². The topological polar surface area (TPSA) is 41.3 Å². The van der Waals surface area contributed by atoms with Gasteiger partial charge in [-0.2, -0.15) is 0 Å². The predicted molar refractivity (Wildman–Crippen MR) is 63.1 cm³/mol. The summed E-state index contributed by atoms with van der Waals surface area (Å²) < 4.78 is 4.87. The Morgan fingerprint density at radius 1 is 1.62 bits per heavy atom. The predicted octanol–water partition coefficient (Wildman–Crippen LogP) is 1.64. The number of aromatic nitrogens is 1. The number of rotatable bonds is 4. The molecule has 1 aromatic heterocycles. The molecular formula is C12H21N3O. The van der Waals surface area contributed by atoms with Gasteiger partial charge in [0.25, 0.3) is 0 Å². The third-order valence-corrected chi connectivity index (χ3v) is 3.08. The fourth-order valence-electron chi connectivity index (χ4n) is 2.31. The first kappa shape index (κ1) is 11.6. The zero-order valence-corrected chi connectivity index (χ0v) is 9.98. The van der Waals surface area contributed by atoms with Gasteiger partial charge in [-0.25, -0.2) is 0 Å². The standard InChI is InChI=1S/C12H21N3O/c1-2-4-11-9-15(7-3-6-13-11)10-12-5-8-16-14-12/h5,8,11,13H,2-4,6-7,9-10H2,1H3. The van der Waals surface area contributed by atoms with Crippen LogP contribution in [0.4, 0.5) is 0 Å². The van der Waals surface area contributed by atoms with Crippen LogP contribution in [0.3, 0.4) is 0 Å². The van der Waals surface area contributed by atoms with E-state index in [1.165, 1.54) is 19.3 Å². The van der Waals surface area contributed by atoms with Gasteiger partial charge in [0.2, 0.25) is 0 Å². The van der Waals surface area contributed by atoms with Crippen LogP contribution in [0, 0.1) is 0 Å². The van der Waals surface area contributed by atoms with Crippen molar-refractivity contribution in [2.45, 2.75) is 38.8 Å². The van der Waals surface area contributed by atoms with Crippen LogP contribution in [0.25, 0.3) is 0 Å². The second kappa shape index (κ2) is 6.01. The Labute approximate surface area is 97.0 Å². The lowest BCUT2D eigenvalue weighted by molar-refractivity contribution is 0.247. The van der Waals surface area contributed by atoms with Crippen LogP contribution in [-0.2, 0) is 6.54 Å². The number of hydrogen-bond acceptors (Lipinski definition) is 4. The van der Waals surface area contributed by atoms with Crippen LogP contribution in [0.5, 0.6) is 0 Å². The van der Waals surface area contributed by atoms with Crippen LogP contribution in [0.1, 0.15) is 31.9 Å². The number of hydrogen-bond donors (Lipinski definition) is 1. The molecule has 0 spiro atoms. The van der Waals surface area contributed by atoms with E-state index >= 15 is 0 Å². The molecule has 1 saturated heterocycles. The average molecular weight is 223 g/mol. The van der Waals surface area contributed by atoms with Crippen LogP contribution in [0.2, 0.25) is 0 Å². The van der Waals surface area contributed by atoms with Crippen molar-refractivity contribution in [1.29, 1.82) is 0 Å². The molecule has 0 aliphatic carbocycles. The molecule has 4 heteroatoms. The Hall–Kier alpha value is -0.870. The smallest absolute Gasteiger partial charge is 0.124 e. The van der Waals surface area contributed by atoms with Crippen LogP contribution >= 0.6 is 0 Å². The molecule has 2 rings (SSSR count). The highest BCUT2D eigenvalue weighted by atomic mass is 16.5. The zero-order chi connectivity index (χ0) is 11.2. The van der Waals surface area contributed by atoms with Gasteiger partial charge in [0.05, 0.1) is 5.69 Å². The number of nitrogens with zero attached hydrogens (tertiary/aromatic N) is 2. The first-order valence-corrected chi connectivity index (χ1v) is 6.23. The highest BCUT2D eigenvalue weighted by Crippen LogP contribution is 2.09. The third kappa shape index (κ3) is 3.32. The van der Waals surface area contributed by atoms with E-state index in [0.717, 1.165) is 31.9 Å². The molecule has 0 saturated carbocycles. The van der Waals surface area contributed by atoms with Gasteiger partial charge in [0, 0.05) is 25.2 Å². The van der Waals surface area contributed by atoms with Crippen molar-refractivity contribution >= 4 is 0 Å². The molecule has 0 bridgehead atoms. The second-order valence-corrected chi connectivity index (χ2v) is 4.52. The maximum atomic E-state index is 4.87. The summed E-state index contributed by atoms with van der Waals surface area (Å²) in [6.45, 7) is 6.58. The third-order valence-electron chi connectivity index (χ3n) is 3.08. The maximum absolute atomic E-state index is 4.87. The minimum Gasteiger partial charge on any atom is -0.364 e. The van der Waals surface area contributed by atoms with E-state index in [4.69, 9.17) is 4.52 Å². The molecule has 1 atom stereocenters. The molecule has 4 nitrogen and oxygen atoms in total. The molecule has 1 aliphatic rings. The van der Waals surface area contributed by atoms with E-state index in [2.05, 4.69) is 22.3 Å². The molecule has 1 aliphatic heterocycles. The van der Waals surface area contributed by atoms with E-state index in [9.17, 15) is 0 Å². The molecule has 16 heavy (non-hydrogen) atoms. The molecule has 1 aromatic rings. The van der Waals surface area contributed by atoms with E-state index in [0.29, 0.717) is 6.04 Å². The van der Waals surface area contributed by atoms with Gasteiger partial charge in [-0.1, -0.05) is 18.5 Å². The Balaban J connectivity index is 1.87. The summed E-state index contributed by atoms with van der Waals surface area (Å²) in [5, 5.41) is 7.58. The van der Waals surface area contributed by atoms with Crippen molar-refractivity contribution in [3.63, 3.8) is 0 Å². The van der Waals surface area contributed by atoms with Crippen LogP contribution in [-0.4, -0.2) is 35.7 Å². The largest absolute Gasteiger partial charge is 0.364 e. The minimum atomic E-state index is 0.638. The van der Waals surface area contributed by atoms with E-state index in [-0.39, 0.29) is 0 Å². The Kier molecular flexibility index (Phi) is 4.36. The van der Waals surface area contributed by atoms with Gasteiger partial charge in [-0.05, 0) is 25.9 Å². The van der Waals surface area contributed by atoms with Crippen LogP contribution in [0.15, 0.2) is 16.9 Å². The van der Waals surface area contributed by atoms with Gasteiger partial charge in [-0.15, -0.1) is 0 Å². The van der Waals surface area contributed by atoms with Gasteiger partial charge in [-0.3, -0.25) is 4.90 Å². The lowest BCUT2D eigenvalue weighted by atomic mass is 10.1. The van der Waals surface area contributed by atoms with Gasteiger partial charge >= 0.3 is 0 Å². The first-order chi connectivity index (χ1) is 7.88. The van der Waals surface area contributed by atoms with Crippen molar-refractivity contribution in [2.75, 3.05) is 19.6 Å².